The van der Waals surface area contributed by atoms with Crippen molar-refractivity contribution in [3.05, 3.63) is 47.9 Å². The number of nitrogens with one attached hydrogen (secondary N) is 1. The van der Waals surface area contributed by atoms with E-state index in [1.165, 1.54) is 6.20 Å². The molecule has 1 aliphatic rings. The van der Waals surface area contributed by atoms with Gasteiger partial charge in [-0.2, -0.15) is 0 Å². The van der Waals surface area contributed by atoms with Crippen LogP contribution < -0.4 is 5.32 Å². The first-order valence-electron chi connectivity index (χ1n) is 8.01. The van der Waals surface area contributed by atoms with Gasteiger partial charge in [-0.25, -0.2) is 4.98 Å². The topological polar surface area (TPSA) is 88.3 Å². The van der Waals surface area contributed by atoms with Crippen LogP contribution in [0.15, 0.2) is 35.2 Å². The van der Waals surface area contributed by atoms with Crippen LogP contribution in [0.4, 0.5) is 0 Å². The van der Waals surface area contributed by atoms with Gasteiger partial charge in [-0.1, -0.05) is 0 Å². The van der Waals surface area contributed by atoms with Gasteiger partial charge in [-0.05, 0) is 31.9 Å². The molecule has 1 atom stereocenters. The maximum atomic E-state index is 12.5. The van der Waals surface area contributed by atoms with Crippen LogP contribution in [0.5, 0.6) is 0 Å². The predicted molar refractivity (Wildman–Crippen MR) is 86.0 cm³/mol. The number of amides is 2. The molecule has 1 N–H and O–H groups in total. The van der Waals surface area contributed by atoms with Gasteiger partial charge in [-0.3, -0.25) is 14.6 Å². The lowest BCUT2D eigenvalue weighted by atomic mass is 9.97. The second-order valence-electron chi connectivity index (χ2n) is 5.93. The van der Waals surface area contributed by atoms with Crippen molar-refractivity contribution in [2.75, 3.05) is 13.1 Å². The number of aryl methyl sites for hydroxylation is 1. The Morgan fingerprint density at radius 1 is 1.38 bits per heavy atom. The third kappa shape index (κ3) is 3.79. The molecule has 3 heterocycles. The molecule has 1 aliphatic heterocycles. The smallest absolute Gasteiger partial charge is 0.274 e. The van der Waals surface area contributed by atoms with Crippen molar-refractivity contribution in [2.45, 2.75) is 26.3 Å². The summed E-state index contributed by atoms with van der Waals surface area (Å²) in [6, 6.07) is 3.60. The number of hydrogen-bond donors (Lipinski definition) is 1. The molecule has 3 rings (SSSR count). The maximum Gasteiger partial charge on any atom is 0.274 e. The summed E-state index contributed by atoms with van der Waals surface area (Å²) in [5, 5.41) is 2.86. The summed E-state index contributed by atoms with van der Waals surface area (Å²) < 4.78 is 5.20. The largest absolute Gasteiger partial charge is 0.467 e. The fourth-order valence-electron chi connectivity index (χ4n) is 2.77. The molecule has 0 radical (unpaired) electrons. The van der Waals surface area contributed by atoms with Crippen LogP contribution >= 0.6 is 0 Å². The number of aromatic nitrogens is 2. The molecule has 24 heavy (non-hydrogen) atoms. The molecule has 0 bridgehead atoms. The van der Waals surface area contributed by atoms with Gasteiger partial charge in [0.15, 0.2) is 0 Å². The van der Waals surface area contributed by atoms with Gasteiger partial charge in [-0.15, -0.1) is 0 Å². The molecule has 0 spiro atoms. The average molecular weight is 328 g/mol. The Morgan fingerprint density at radius 3 is 2.96 bits per heavy atom. The van der Waals surface area contributed by atoms with Crippen molar-refractivity contribution in [1.29, 1.82) is 0 Å². The van der Waals surface area contributed by atoms with Crippen LogP contribution in [-0.4, -0.2) is 39.8 Å². The van der Waals surface area contributed by atoms with Gasteiger partial charge < -0.3 is 14.6 Å². The van der Waals surface area contributed by atoms with Crippen molar-refractivity contribution in [3.63, 3.8) is 0 Å². The summed E-state index contributed by atoms with van der Waals surface area (Å²) in [4.78, 5) is 34.7. The Labute approximate surface area is 140 Å². The molecule has 126 valence electrons. The lowest BCUT2D eigenvalue weighted by Crippen LogP contribution is -2.45. The Hall–Kier alpha value is -2.70. The number of furan rings is 1. The Morgan fingerprint density at radius 2 is 2.25 bits per heavy atom. The van der Waals surface area contributed by atoms with E-state index in [1.54, 1.807) is 23.4 Å². The summed E-state index contributed by atoms with van der Waals surface area (Å²) in [5.41, 5.74) is 1.08. The standard InChI is InChI=1S/C17H20N4O3/c1-12-8-19-15(10-18-12)17(23)21-6-2-4-13(11-21)16(22)20-9-14-5-3-7-24-14/h3,5,7-8,10,13H,2,4,6,9,11H2,1H3,(H,20,22)/t13-/m0/s1. The Bertz CT molecular complexity index is 697. The van der Waals surface area contributed by atoms with Crippen molar-refractivity contribution >= 4 is 11.8 Å². The number of nitrogens with zero attached hydrogens (tertiary/aromatic N) is 3. The van der Waals surface area contributed by atoms with Crippen LogP contribution in [-0.2, 0) is 11.3 Å². The van der Waals surface area contributed by atoms with Crippen LogP contribution in [0.1, 0.15) is 34.8 Å². The molecular formula is C17H20N4O3. The third-order valence-corrected chi connectivity index (χ3v) is 4.10. The quantitative estimate of drug-likeness (QED) is 0.920. The first-order chi connectivity index (χ1) is 11.6. The van der Waals surface area contributed by atoms with Crippen LogP contribution in [0, 0.1) is 12.8 Å². The van der Waals surface area contributed by atoms with Gasteiger partial charge in [0.25, 0.3) is 5.91 Å². The molecule has 7 nitrogen and oxygen atoms in total. The highest BCUT2D eigenvalue weighted by Crippen LogP contribution is 2.18. The van der Waals surface area contributed by atoms with E-state index in [1.807, 2.05) is 13.0 Å². The highest BCUT2D eigenvalue weighted by molar-refractivity contribution is 5.92. The monoisotopic (exact) mass is 328 g/mol. The average Bonchev–Trinajstić information content (AvgIpc) is 3.13. The zero-order valence-electron chi connectivity index (χ0n) is 13.6. The number of hydrogen-bond acceptors (Lipinski definition) is 5. The fourth-order valence-corrected chi connectivity index (χ4v) is 2.77. The van der Waals surface area contributed by atoms with Crippen LogP contribution in [0.3, 0.4) is 0 Å². The number of rotatable bonds is 4. The predicted octanol–water partition coefficient (Wildman–Crippen LogP) is 1.55. The SMILES string of the molecule is Cc1cnc(C(=O)N2CCC[C@H](C(=O)NCc3ccco3)C2)cn1. The minimum Gasteiger partial charge on any atom is -0.467 e. The van der Waals surface area contributed by atoms with E-state index in [9.17, 15) is 9.59 Å². The van der Waals surface area contributed by atoms with Gasteiger partial charge in [0.05, 0.1) is 30.6 Å². The first kappa shape index (κ1) is 16.2. The van der Waals surface area contributed by atoms with E-state index in [4.69, 9.17) is 4.42 Å². The zero-order chi connectivity index (χ0) is 16.9. The lowest BCUT2D eigenvalue weighted by Gasteiger charge is -2.31. The summed E-state index contributed by atoms with van der Waals surface area (Å²) in [6.07, 6.45) is 6.20. The lowest BCUT2D eigenvalue weighted by molar-refractivity contribution is -0.126. The second kappa shape index (κ2) is 7.25. The molecule has 0 aliphatic carbocycles. The van der Waals surface area contributed by atoms with Crippen molar-refractivity contribution < 1.29 is 14.0 Å². The van der Waals surface area contributed by atoms with Crippen molar-refractivity contribution in [2.24, 2.45) is 5.92 Å². The zero-order valence-corrected chi connectivity index (χ0v) is 13.6. The molecule has 1 fully saturated rings. The number of carbonyl (C=O) groups excluding carboxylic acids is 2. The second-order valence-corrected chi connectivity index (χ2v) is 5.93. The number of piperidine rings is 1. The molecular weight excluding hydrogens is 308 g/mol. The van der Waals surface area contributed by atoms with Gasteiger partial charge in [0, 0.05) is 19.3 Å². The molecule has 2 aromatic rings. The minimum absolute atomic E-state index is 0.0566. The highest BCUT2D eigenvalue weighted by atomic mass is 16.3. The Kier molecular flexibility index (Phi) is 4.88. The van der Waals surface area contributed by atoms with E-state index >= 15 is 0 Å². The normalized spacial score (nSPS) is 17.5. The van der Waals surface area contributed by atoms with E-state index in [0.717, 1.165) is 18.5 Å². The van der Waals surface area contributed by atoms with Crippen molar-refractivity contribution in [3.8, 4) is 0 Å². The van der Waals surface area contributed by atoms with Gasteiger partial charge in [0.1, 0.15) is 11.5 Å². The highest BCUT2D eigenvalue weighted by Gasteiger charge is 2.29. The molecule has 7 heteroatoms. The van der Waals surface area contributed by atoms with Crippen molar-refractivity contribution in [1.82, 2.24) is 20.2 Å². The van der Waals surface area contributed by atoms with E-state index < -0.39 is 0 Å². The molecule has 2 aromatic heterocycles. The summed E-state index contributed by atoms with van der Waals surface area (Å²) in [6.45, 7) is 3.22. The molecule has 0 saturated carbocycles. The van der Waals surface area contributed by atoms with Gasteiger partial charge in [0.2, 0.25) is 5.91 Å². The third-order valence-electron chi connectivity index (χ3n) is 4.10. The summed E-state index contributed by atoms with van der Waals surface area (Å²) in [5.74, 6) is 0.267. The summed E-state index contributed by atoms with van der Waals surface area (Å²) in [7, 11) is 0. The van der Waals surface area contributed by atoms with Crippen LogP contribution in [0.2, 0.25) is 0 Å². The Balaban J connectivity index is 1.58. The first-order valence-corrected chi connectivity index (χ1v) is 8.01. The number of carbonyl (C=O) groups is 2. The van der Waals surface area contributed by atoms with E-state index in [2.05, 4.69) is 15.3 Å². The minimum atomic E-state index is -0.212. The van der Waals surface area contributed by atoms with E-state index in [-0.39, 0.29) is 17.7 Å². The summed E-state index contributed by atoms with van der Waals surface area (Å²) >= 11 is 0. The molecule has 0 aromatic carbocycles. The van der Waals surface area contributed by atoms with Crippen LogP contribution in [0.25, 0.3) is 0 Å². The molecule has 2 amide bonds. The maximum absolute atomic E-state index is 12.5. The fraction of sp³-hybridized carbons (Fsp3) is 0.412. The molecule has 1 saturated heterocycles. The van der Waals surface area contributed by atoms with Gasteiger partial charge >= 0.3 is 0 Å². The molecule has 0 unspecified atom stereocenters. The van der Waals surface area contributed by atoms with E-state index in [0.29, 0.717) is 31.1 Å². The number of likely N-dealkylation sites (tertiary alicyclic amines) is 1.